The van der Waals surface area contributed by atoms with Crippen molar-refractivity contribution in [3.63, 3.8) is 0 Å². The molecular formula is C14H19N3. The molecule has 1 aromatic heterocycles. The number of rotatable bonds is 4. The molecule has 1 heterocycles. The second-order valence-corrected chi connectivity index (χ2v) is 4.25. The van der Waals surface area contributed by atoms with Gasteiger partial charge in [0.05, 0.1) is 16.9 Å². The first-order valence-electron chi connectivity index (χ1n) is 6.16. The number of fused-ring (bicyclic) bond motifs is 1. The molecule has 0 radical (unpaired) electrons. The summed E-state index contributed by atoms with van der Waals surface area (Å²) in [4.78, 5) is 4.29. The summed E-state index contributed by atoms with van der Waals surface area (Å²) in [6.45, 7) is 4.36. The van der Waals surface area contributed by atoms with E-state index in [-0.39, 0.29) is 0 Å². The van der Waals surface area contributed by atoms with Crippen LogP contribution in [0, 0.1) is 0 Å². The fraction of sp³-hybridized carbons (Fsp3) is 0.357. The summed E-state index contributed by atoms with van der Waals surface area (Å²) >= 11 is 0. The molecule has 0 aliphatic heterocycles. The number of nitrogens with one attached hydrogen (secondary N) is 1. The largest absolute Gasteiger partial charge is 0.397 e. The van der Waals surface area contributed by atoms with Gasteiger partial charge in [-0.3, -0.25) is 4.98 Å². The highest BCUT2D eigenvalue weighted by atomic mass is 14.9. The average Bonchev–Trinajstić information content (AvgIpc) is 2.38. The Hall–Kier alpha value is -1.77. The molecule has 0 aliphatic rings. The Kier molecular flexibility index (Phi) is 3.47. The van der Waals surface area contributed by atoms with Crippen molar-refractivity contribution in [1.29, 1.82) is 0 Å². The van der Waals surface area contributed by atoms with Gasteiger partial charge in [-0.15, -0.1) is 0 Å². The molecule has 17 heavy (non-hydrogen) atoms. The molecule has 3 heteroatoms. The van der Waals surface area contributed by atoms with Crippen LogP contribution in [0.25, 0.3) is 10.9 Å². The molecule has 0 bridgehead atoms. The second kappa shape index (κ2) is 5.04. The topological polar surface area (TPSA) is 50.9 Å². The summed E-state index contributed by atoms with van der Waals surface area (Å²) in [7, 11) is 0. The number of nitrogens with zero attached hydrogens (tertiary/aromatic N) is 1. The lowest BCUT2D eigenvalue weighted by atomic mass is 10.1. The number of nitrogen functional groups attached to an aromatic ring is 1. The Morgan fingerprint density at radius 2 is 2.00 bits per heavy atom. The summed E-state index contributed by atoms with van der Waals surface area (Å²) in [6.07, 6.45) is 3.98. The Bertz CT molecular complexity index is 504. The lowest BCUT2D eigenvalue weighted by Crippen LogP contribution is -2.17. The Labute approximate surface area is 102 Å². The van der Waals surface area contributed by atoms with Crippen molar-refractivity contribution < 1.29 is 0 Å². The molecule has 90 valence electrons. The molecule has 0 unspecified atom stereocenters. The van der Waals surface area contributed by atoms with E-state index in [2.05, 4.69) is 24.1 Å². The number of hydrogen-bond donors (Lipinski definition) is 2. The lowest BCUT2D eigenvalue weighted by molar-refractivity contribution is 0.672. The summed E-state index contributed by atoms with van der Waals surface area (Å²) < 4.78 is 0. The van der Waals surface area contributed by atoms with Crippen LogP contribution in [0.15, 0.2) is 30.5 Å². The van der Waals surface area contributed by atoms with Crippen molar-refractivity contribution in [2.45, 2.75) is 32.7 Å². The maximum Gasteiger partial charge on any atom is 0.0724 e. The monoisotopic (exact) mass is 229 g/mol. The molecule has 0 saturated heterocycles. The van der Waals surface area contributed by atoms with E-state index >= 15 is 0 Å². The predicted octanol–water partition coefficient (Wildman–Crippen LogP) is 3.42. The van der Waals surface area contributed by atoms with Crippen LogP contribution in [0.5, 0.6) is 0 Å². The van der Waals surface area contributed by atoms with Crippen molar-refractivity contribution in [2.24, 2.45) is 0 Å². The van der Waals surface area contributed by atoms with Crippen LogP contribution in [-0.2, 0) is 0 Å². The first kappa shape index (κ1) is 11.7. The van der Waals surface area contributed by atoms with Gasteiger partial charge in [-0.25, -0.2) is 0 Å². The van der Waals surface area contributed by atoms with E-state index in [1.165, 1.54) is 0 Å². The summed E-state index contributed by atoms with van der Waals surface area (Å²) in [5, 5.41) is 4.50. The molecule has 3 N–H and O–H groups in total. The fourth-order valence-corrected chi connectivity index (χ4v) is 2.01. The predicted molar refractivity (Wildman–Crippen MR) is 74.1 cm³/mol. The number of hydrogen-bond acceptors (Lipinski definition) is 3. The zero-order chi connectivity index (χ0) is 12.3. The number of aromatic nitrogens is 1. The van der Waals surface area contributed by atoms with Gasteiger partial charge in [0.15, 0.2) is 0 Å². The van der Waals surface area contributed by atoms with Gasteiger partial charge in [0, 0.05) is 17.6 Å². The van der Waals surface area contributed by atoms with E-state index in [1.807, 2.05) is 24.3 Å². The Morgan fingerprint density at radius 3 is 2.71 bits per heavy atom. The van der Waals surface area contributed by atoms with E-state index in [9.17, 15) is 0 Å². The minimum Gasteiger partial charge on any atom is -0.397 e. The highest BCUT2D eigenvalue weighted by Crippen LogP contribution is 2.28. The third-order valence-electron chi connectivity index (χ3n) is 3.17. The fourth-order valence-electron chi connectivity index (χ4n) is 2.01. The maximum absolute atomic E-state index is 6.17. The molecule has 0 aliphatic carbocycles. The third-order valence-corrected chi connectivity index (χ3v) is 3.17. The first-order valence-corrected chi connectivity index (χ1v) is 6.16. The van der Waals surface area contributed by atoms with Crippen LogP contribution in [0.2, 0.25) is 0 Å². The van der Waals surface area contributed by atoms with Crippen molar-refractivity contribution in [3.8, 4) is 0 Å². The van der Waals surface area contributed by atoms with E-state index in [0.29, 0.717) is 6.04 Å². The number of pyridine rings is 1. The van der Waals surface area contributed by atoms with Crippen LogP contribution in [0.1, 0.15) is 26.7 Å². The number of nitrogens with two attached hydrogens (primary N) is 1. The van der Waals surface area contributed by atoms with Gasteiger partial charge in [-0.1, -0.05) is 13.8 Å². The van der Waals surface area contributed by atoms with Gasteiger partial charge in [-0.2, -0.15) is 0 Å². The number of anilines is 2. The average molecular weight is 229 g/mol. The highest BCUT2D eigenvalue weighted by Gasteiger charge is 2.08. The van der Waals surface area contributed by atoms with E-state index < -0.39 is 0 Å². The zero-order valence-corrected chi connectivity index (χ0v) is 10.4. The molecule has 0 amide bonds. The third kappa shape index (κ3) is 2.33. The number of benzene rings is 1. The quantitative estimate of drug-likeness (QED) is 0.790. The van der Waals surface area contributed by atoms with Crippen molar-refractivity contribution >= 4 is 22.3 Å². The Balaban J connectivity index is 2.38. The minimum atomic E-state index is 0.478. The minimum absolute atomic E-state index is 0.478. The van der Waals surface area contributed by atoms with Crippen LogP contribution in [0.3, 0.4) is 0 Å². The SMILES string of the molecule is CCC(CC)Nc1ccc2ncccc2c1N. The van der Waals surface area contributed by atoms with E-state index in [1.54, 1.807) is 6.20 Å². The normalized spacial score (nSPS) is 11.0. The van der Waals surface area contributed by atoms with Crippen LogP contribution in [0.4, 0.5) is 11.4 Å². The summed E-state index contributed by atoms with van der Waals surface area (Å²) in [5.41, 5.74) is 8.93. The highest BCUT2D eigenvalue weighted by molar-refractivity contribution is 5.96. The van der Waals surface area contributed by atoms with Crippen LogP contribution < -0.4 is 11.1 Å². The maximum atomic E-state index is 6.17. The molecule has 1 aromatic carbocycles. The van der Waals surface area contributed by atoms with E-state index in [4.69, 9.17) is 5.73 Å². The van der Waals surface area contributed by atoms with Crippen molar-refractivity contribution in [3.05, 3.63) is 30.5 Å². The van der Waals surface area contributed by atoms with Crippen molar-refractivity contribution in [2.75, 3.05) is 11.1 Å². The van der Waals surface area contributed by atoms with E-state index in [0.717, 1.165) is 35.1 Å². The first-order chi connectivity index (χ1) is 8.26. The molecule has 2 aromatic rings. The second-order valence-electron chi connectivity index (χ2n) is 4.25. The zero-order valence-electron chi connectivity index (χ0n) is 10.4. The smallest absolute Gasteiger partial charge is 0.0724 e. The lowest BCUT2D eigenvalue weighted by Gasteiger charge is -2.18. The molecule has 3 nitrogen and oxygen atoms in total. The molecule has 2 rings (SSSR count). The summed E-state index contributed by atoms with van der Waals surface area (Å²) in [5.74, 6) is 0. The van der Waals surface area contributed by atoms with Gasteiger partial charge < -0.3 is 11.1 Å². The molecule has 0 saturated carbocycles. The standard InChI is InChI=1S/C14H19N3/c1-3-10(4-2)17-13-8-7-12-11(14(13)15)6-5-9-16-12/h5-10,17H,3-4,15H2,1-2H3. The molecule has 0 spiro atoms. The van der Waals surface area contributed by atoms with Gasteiger partial charge >= 0.3 is 0 Å². The molecule has 0 atom stereocenters. The van der Waals surface area contributed by atoms with Gasteiger partial charge in [0.1, 0.15) is 0 Å². The van der Waals surface area contributed by atoms with Gasteiger partial charge in [-0.05, 0) is 37.1 Å². The van der Waals surface area contributed by atoms with Gasteiger partial charge in [0.2, 0.25) is 0 Å². The molecular weight excluding hydrogens is 210 g/mol. The van der Waals surface area contributed by atoms with Crippen molar-refractivity contribution in [1.82, 2.24) is 4.98 Å². The summed E-state index contributed by atoms with van der Waals surface area (Å²) in [6, 6.07) is 8.43. The van der Waals surface area contributed by atoms with Crippen LogP contribution >= 0.6 is 0 Å². The Morgan fingerprint density at radius 1 is 1.24 bits per heavy atom. The van der Waals surface area contributed by atoms with Gasteiger partial charge in [0.25, 0.3) is 0 Å². The molecule has 0 fully saturated rings. The van der Waals surface area contributed by atoms with Crippen LogP contribution in [-0.4, -0.2) is 11.0 Å².